The Morgan fingerprint density at radius 3 is 1.45 bits per heavy atom. The fourth-order valence-corrected chi connectivity index (χ4v) is 8.00. The van der Waals surface area contributed by atoms with Gasteiger partial charge in [-0.1, -0.05) is 218 Å². The summed E-state index contributed by atoms with van der Waals surface area (Å²) in [5, 5.41) is 64.7. The van der Waals surface area contributed by atoms with E-state index in [1.54, 1.807) is 6.08 Å². The maximum Gasteiger partial charge on any atom is 0.249 e. The van der Waals surface area contributed by atoms with Gasteiger partial charge in [-0.25, -0.2) is 0 Å². The van der Waals surface area contributed by atoms with Crippen LogP contribution in [0.1, 0.15) is 226 Å². The smallest absolute Gasteiger partial charge is 0.249 e. The number of aliphatic hydroxyl groups excluding tert-OH is 6. The van der Waals surface area contributed by atoms with Crippen LogP contribution < -0.4 is 5.32 Å². The summed E-state index contributed by atoms with van der Waals surface area (Å²) in [6.45, 7) is 3.59. The molecule has 0 bridgehead atoms. The molecule has 1 aliphatic heterocycles. The van der Waals surface area contributed by atoms with Gasteiger partial charge in [0.25, 0.3) is 0 Å². The van der Waals surface area contributed by atoms with Gasteiger partial charge in [-0.15, -0.1) is 0 Å². The third kappa shape index (κ3) is 29.8. The van der Waals surface area contributed by atoms with E-state index < -0.39 is 61.5 Å². The maximum atomic E-state index is 13.0. The zero-order chi connectivity index (χ0) is 43.9. The van der Waals surface area contributed by atoms with Crippen molar-refractivity contribution in [3.63, 3.8) is 0 Å². The minimum Gasteiger partial charge on any atom is -0.394 e. The Hall–Kier alpha value is -1.37. The van der Waals surface area contributed by atoms with Crippen LogP contribution in [0.2, 0.25) is 0 Å². The molecular formula is C50H95NO9. The average Bonchev–Trinajstić information content (AvgIpc) is 3.25. The molecule has 0 radical (unpaired) electrons. The molecular weight excluding hydrogens is 759 g/mol. The second kappa shape index (κ2) is 40.4. The summed E-state index contributed by atoms with van der Waals surface area (Å²) < 4.78 is 11.1. The quantitative estimate of drug-likeness (QED) is 0.0233. The van der Waals surface area contributed by atoms with E-state index in [0.717, 1.165) is 32.1 Å². The van der Waals surface area contributed by atoms with Crippen LogP contribution in [0.3, 0.4) is 0 Å². The Balaban J connectivity index is 2.29. The fourth-order valence-electron chi connectivity index (χ4n) is 8.00. The largest absolute Gasteiger partial charge is 0.394 e. The molecule has 1 rings (SSSR count). The van der Waals surface area contributed by atoms with E-state index >= 15 is 0 Å². The molecule has 1 aliphatic rings. The molecule has 1 heterocycles. The molecule has 8 atom stereocenters. The first-order valence-corrected chi connectivity index (χ1v) is 25.2. The van der Waals surface area contributed by atoms with Crippen LogP contribution in [0, 0.1) is 0 Å². The van der Waals surface area contributed by atoms with E-state index in [4.69, 9.17) is 9.47 Å². The Morgan fingerprint density at radius 1 is 0.567 bits per heavy atom. The van der Waals surface area contributed by atoms with E-state index in [9.17, 15) is 35.4 Å². The summed E-state index contributed by atoms with van der Waals surface area (Å²) in [5.74, 6) is -0.624. The molecule has 0 aromatic rings. The summed E-state index contributed by atoms with van der Waals surface area (Å²) >= 11 is 0. The molecule has 1 fully saturated rings. The highest BCUT2D eigenvalue weighted by Gasteiger charge is 2.44. The van der Waals surface area contributed by atoms with Crippen molar-refractivity contribution in [1.29, 1.82) is 0 Å². The predicted molar refractivity (Wildman–Crippen MR) is 246 cm³/mol. The van der Waals surface area contributed by atoms with Crippen LogP contribution in [0.25, 0.3) is 0 Å². The van der Waals surface area contributed by atoms with E-state index in [-0.39, 0.29) is 6.61 Å². The first kappa shape index (κ1) is 56.6. The number of carbonyl (C=O) groups is 1. The summed E-state index contributed by atoms with van der Waals surface area (Å²) in [7, 11) is 0. The number of hydrogen-bond acceptors (Lipinski definition) is 9. The number of allylic oxidation sites excluding steroid dienone is 3. The van der Waals surface area contributed by atoms with Crippen molar-refractivity contribution in [3.05, 3.63) is 24.3 Å². The average molecular weight is 854 g/mol. The van der Waals surface area contributed by atoms with Gasteiger partial charge in [0.15, 0.2) is 6.29 Å². The lowest BCUT2D eigenvalue weighted by Crippen LogP contribution is -2.60. The molecule has 0 aromatic heterocycles. The van der Waals surface area contributed by atoms with Gasteiger partial charge in [0, 0.05) is 0 Å². The van der Waals surface area contributed by atoms with E-state index in [2.05, 4.69) is 31.3 Å². The number of nitrogens with one attached hydrogen (secondary N) is 1. The number of hydrogen-bond donors (Lipinski definition) is 7. The Bertz CT molecular complexity index is 1010. The third-order valence-electron chi connectivity index (χ3n) is 12.1. The van der Waals surface area contributed by atoms with E-state index in [1.165, 1.54) is 161 Å². The normalized spacial score (nSPS) is 21.2. The van der Waals surface area contributed by atoms with Gasteiger partial charge in [-0.05, 0) is 32.1 Å². The van der Waals surface area contributed by atoms with Crippen molar-refractivity contribution in [2.24, 2.45) is 0 Å². The van der Waals surface area contributed by atoms with Gasteiger partial charge >= 0.3 is 0 Å². The zero-order valence-electron chi connectivity index (χ0n) is 38.6. The van der Waals surface area contributed by atoms with Crippen LogP contribution in [-0.2, 0) is 14.3 Å². The topological polar surface area (TPSA) is 169 Å². The van der Waals surface area contributed by atoms with E-state index in [1.807, 2.05) is 6.08 Å². The summed E-state index contributed by atoms with van der Waals surface area (Å²) in [6.07, 6.45) is 38.5. The minimum absolute atomic E-state index is 0.308. The first-order chi connectivity index (χ1) is 29.3. The van der Waals surface area contributed by atoms with Crippen LogP contribution in [-0.4, -0.2) is 98.7 Å². The second-order valence-corrected chi connectivity index (χ2v) is 17.8. The molecule has 10 heteroatoms. The van der Waals surface area contributed by atoms with Crippen molar-refractivity contribution in [2.45, 2.75) is 275 Å². The predicted octanol–water partition coefficient (Wildman–Crippen LogP) is 10.0. The monoisotopic (exact) mass is 854 g/mol. The fraction of sp³-hybridized carbons (Fsp3) is 0.900. The highest BCUT2D eigenvalue weighted by Crippen LogP contribution is 2.23. The lowest BCUT2D eigenvalue weighted by Gasteiger charge is -2.40. The van der Waals surface area contributed by atoms with Crippen LogP contribution in [0.5, 0.6) is 0 Å². The second-order valence-electron chi connectivity index (χ2n) is 17.8. The molecule has 0 spiro atoms. The number of amides is 1. The van der Waals surface area contributed by atoms with Crippen LogP contribution >= 0.6 is 0 Å². The van der Waals surface area contributed by atoms with Crippen molar-refractivity contribution in [3.8, 4) is 0 Å². The van der Waals surface area contributed by atoms with Crippen molar-refractivity contribution in [2.75, 3.05) is 13.2 Å². The molecule has 1 amide bonds. The summed E-state index contributed by atoms with van der Waals surface area (Å²) in [6, 6.07) is -0.992. The van der Waals surface area contributed by atoms with Gasteiger partial charge in [0.2, 0.25) is 5.91 Å². The number of ether oxygens (including phenoxy) is 2. The van der Waals surface area contributed by atoms with Gasteiger partial charge in [0.1, 0.15) is 30.5 Å². The molecule has 1 saturated heterocycles. The van der Waals surface area contributed by atoms with Crippen molar-refractivity contribution in [1.82, 2.24) is 5.32 Å². The van der Waals surface area contributed by atoms with Crippen LogP contribution in [0.15, 0.2) is 24.3 Å². The summed E-state index contributed by atoms with van der Waals surface area (Å²) in [5.41, 5.74) is 0. The standard InChI is InChI=1S/C50H95NO9/c1-3-5-7-9-11-13-15-17-18-19-20-21-22-23-24-25-26-27-29-31-33-35-37-39-44(54)49(58)51-42(41-59-50-48(57)47(56)46(55)45(40-52)60-50)43(53)38-36-34-32-30-28-16-14-12-10-8-6-4-2/h28,30,36,38,42-48,50,52-57H,3-27,29,31-35,37,39-41H2,1-2H3,(H,51,58)/b30-28+,38-36+. The Labute approximate surface area is 367 Å². The number of aliphatic hydroxyl groups is 6. The lowest BCUT2D eigenvalue weighted by molar-refractivity contribution is -0.302. The summed E-state index contributed by atoms with van der Waals surface area (Å²) in [4.78, 5) is 13.0. The SMILES string of the molecule is CCCCCCCC/C=C/CC/C=C/C(O)C(COC1OC(CO)C(O)C(O)C1O)NC(=O)C(O)CCCCCCCCCCCCCCCCCCCCCCCCC. The van der Waals surface area contributed by atoms with Crippen LogP contribution in [0.4, 0.5) is 0 Å². The van der Waals surface area contributed by atoms with Gasteiger partial charge in [0.05, 0.1) is 25.4 Å². The number of carbonyl (C=O) groups excluding carboxylic acids is 1. The molecule has 0 aliphatic carbocycles. The van der Waals surface area contributed by atoms with Gasteiger partial charge in [-0.2, -0.15) is 0 Å². The lowest BCUT2D eigenvalue weighted by atomic mass is 9.99. The highest BCUT2D eigenvalue weighted by molar-refractivity contribution is 5.80. The molecule has 60 heavy (non-hydrogen) atoms. The van der Waals surface area contributed by atoms with Gasteiger partial charge < -0.3 is 45.4 Å². The molecule has 7 N–H and O–H groups in total. The van der Waals surface area contributed by atoms with Gasteiger partial charge in [-0.3, -0.25) is 4.79 Å². The maximum absolute atomic E-state index is 13.0. The zero-order valence-corrected chi connectivity index (χ0v) is 38.6. The Morgan fingerprint density at radius 2 is 0.983 bits per heavy atom. The molecule has 0 aromatic carbocycles. The molecule has 354 valence electrons. The van der Waals surface area contributed by atoms with Crippen molar-refractivity contribution < 1.29 is 44.9 Å². The first-order valence-electron chi connectivity index (χ1n) is 25.2. The molecule has 0 saturated carbocycles. The third-order valence-corrected chi connectivity index (χ3v) is 12.1. The van der Waals surface area contributed by atoms with E-state index in [0.29, 0.717) is 19.3 Å². The molecule has 10 nitrogen and oxygen atoms in total. The highest BCUT2D eigenvalue weighted by atomic mass is 16.7. The van der Waals surface area contributed by atoms with Crippen molar-refractivity contribution >= 4 is 5.91 Å². The molecule has 8 unspecified atom stereocenters. The minimum atomic E-state index is -1.61. The Kier molecular flexibility index (Phi) is 38.1. The number of rotatable bonds is 42. The number of unbranched alkanes of at least 4 members (excludes halogenated alkanes) is 29.